The summed E-state index contributed by atoms with van der Waals surface area (Å²) < 4.78 is 5.15. The third-order valence-electron chi connectivity index (χ3n) is 4.78. The van der Waals surface area contributed by atoms with Crippen LogP contribution >= 0.6 is 11.6 Å². The van der Waals surface area contributed by atoms with E-state index in [1.165, 1.54) is 0 Å². The Labute approximate surface area is 162 Å². The van der Waals surface area contributed by atoms with E-state index in [1.807, 2.05) is 35.2 Å². The Balaban J connectivity index is 1.48. The first-order valence-electron chi connectivity index (χ1n) is 8.74. The maximum absolute atomic E-state index is 12.7. The number of hydrogen-bond donors (Lipinski definition) is 0. The number of ether oxygens (including phenoxy) is 1. The van der Waals surface area contributed by atoms with Crippen molar-refractivity contribution in [3.05, 3.63) is 59.4 Å². The Morgan fingerprint density at radius 2 is 1.78 bits per heavy atom. The minimum absolute atomic E-state index is 0.0385. The molecule has 0 spiro atoms. The SMILES string of the molecule is COc1ccc(C(=O)N2CCN(c3ncnc4cc(Cl)ccc34)CC2)cc1. The Morgan fingerprint density at radius 3 is 2.48 bits per heavy atom. The fourth-order valence-electron chi connectivity index (χ4n) is 3.31. The van der Waals surface area contributed by atoms with Crippen molar-refractivity contribution in [2.75, 3.05) is 38.2 Å². The van der Waals surface area contributed by atoms with Crippen molar-refractivity contribution in [1.82, 2.24) is 14.9 Å². The van der Waals surface area contributed by atoms with Gasteiger partial charge in [0.15, 0.2) is 0 Å². The smallest absolute Gasteiger partial charge is 0.253 e. The van der Waals surface area contributed by atoms with Gasteiger partial charge in [-0.1, -0.05) is 11.6 Å². The number of hydrogen-bond acceptors (Lipinski definition) is 5. The lowest BCUT2D eigenvalue weighted by Crippen LogP contribution is -2.49. The van der Waals surface area contributed by atoms with E-state index in [2.05, 4.69) is 14.9 Å². The van der Waals surface area contributed by atoms with Crippen LogP contribution < -0.4 is 9.64 Å². The highest BCUT2D eigenvalue weighted by atomic mass is 35.5. The Bertz CT molecular complexity index is 969. The average molecular weight is 383 g/mol. The van der Waals surface area contributed by atoms with E-state index < -0.39 is 0 Å². The number of anilines is 1. The van der Waals surface area contributed by atoms with Crippen LogP contribution in [0, 0.1) is 0 Å². The Hall–Kier alpha value is -2.86. The molecule has 138 valence electrons. The molecule has 1 aromatic heterocycles. The lowest BCUT2D eigenvalue weighted by molar-refractivity contribution is 0.0746. The zero-order valence-corrected chi connectivity index (χ0v) is 15.7. The molecule has 0 unspecified atom stereocenters. The van der Waals surface area contributed by atoms with Gasteiger partial charge in [-0.05, 0) is 42.5 Å². The van der Waals surface area contributed by atoms with E-state index in [-0.39, 0.29) is 5.91 Å². The highest BCUT2D eigenvalue weighted by Gasteiger charge is 2.24. The van der Waals surface area contributed by atoms with Gasteiger partial charge in [0, 0.05) is 42.2 Å². The standard InChI is InChI=1S/C20H19ClN4O2/c1-27-16-5-2-14(3-6-16)20(26)25-10-8-24(9-11-25)19-17-7-4-15(21)12-18(17)22-13-23-19/h2-7,12-13H,8-11H2,1H3. The quantitative estimate of drug-likeness (QED) is 0.696. The van der Waals surface area contributed by atoms with Crippen LogP contribution in [0.5, 0.6) is 5.75 Å². The molecule has 3 aromatic rings. The molecule has 0 radical (unpaired) electrons. The molecule has 6 nitrogen and oxygen atoms in total. The summed E-state index contributed by atoms with van der Waals surface area (Å²) in [7, 11) is 1.61. The van der Waals surface area contributed by atoms with Crippen LogP contribution in [0.4, 0.5) is 5.82 Å². The predicted octanol–water partition coefficient (Wildman–Crippen LogP) is 3.25. The molecule has 4 rings (SSSR count). The summed E-state index contributed by atoms with van der Waals surface area (Å²) in [5, 5.41) is 1.62. The molecule has 0 saturated carbocycles. The third-order valence-corrected chi connectivity index (χ3v) is 5.02. The minimum Gasteiger partial charge on any atom is -0.497 e. The van der Waals surface area contributed by atoms with Crippen LogP contribution in [0.25, 0.3) is 10.9 Å². The van der Waals surface area contributed by atoms with Crippen molar-refractivity contribution in [2.24, 2.45) is 0 Å². The molecule has 1 saturated heterocycles. The van der Waals surface area contributed by atoms with E-state index in [0.717, 1.165) is 35.6 Å². The third kappa shape index (κ3) is 3.53. The molecule has 1 amide bonds. The summed E-state index contributed by atoms with van der Waals surface area (Å²) in [4.78, 5) is 25.5. The fourth-order valence-corrected chi connectivity index (χ4v) is 3.47. The van der Waals surface area contributed by atoms with Gasteiger partial charge in [0.25, 0.3) is 5.91 Å². The summed E-state index contributed by atoms with van der Waals surface area (Å²) in [6, 6.07) is 12.8. The molecular formula is C20H19ClN4O2. The first-order chi connectivity index (χ1) is 13.2. The number of carbonyl (C=O) groups is 1. The number of piperazine rings is 1. The number of benzene rings is 2. The maximum atomic E-state index is 12.7. The zero-order valence-electron chi connectivity index (χ0n) is 14.9. The van der Waals surface area contributed by atoms with Gasteiger partial charge in [0.05, 0.1) is 12.6 Å². The first kappa shape index (κ1) is 17.5. The molecule has 27 heavy (non-hydrogen) atoms. The molecule has 7 heteroatoms. The molecule has 1 aliphatic heterocycles. The van der Waals surface area contributed by atoms with Gasteiger partial charge in [0.1, 0.15) is 17.9 Å². The van der Waals surface area contributed by atoms with Crippen molar-refractivity contribution >= 4 is 34.2 Å². The second kappa shape index (κ2) is 7.40. The highest BCUT2D eigenvalue weighted by molar-refractivity contribution is 6.31. The van der Waals surface area contributed by atoms with Crippen molar-refractivity contribution in [1.29, 1.82) is 0 Å². The number of fused-ring (bicyclic) bond motifs is 1. The number of methoxy groups -OCH3 is 1. The fraction of sp³-hybridized carbons (Fsp3) is 0.250. The first-order valence-corrected chi connectivity index (χ1v) is 9.12. The Kier molecular flexibility index (Phi) is 4.81. The van der Waals surface area contributed by atoms with Gasteiger partial charge in [-0.3, -0.25) is 4.79 Å². The minimum atomic E-state index is 0.0385. The van der Waals surface area contributed by atoms with Gasteiger partial charge in [-0.25, -0.2) is 9.97 Å². The monoisotopic (exact) mass is 382 g/mol. The lowest BCUT2D eigenvalue weighted by Gasteiger charge is -2.35. The molecule has 0 aliphatic carbocycles. The summed E-state index contributed by atoms with van der Waals surface area (Å²) in [5.74, 6) is 1.66. The van der Waals surface area contributed by atoms with E-state index in [1.54, 1.807) is 25.6 Å². The van der Waals surface area contributed by atoms with Gasteiger partial charge in [-0.2, -0.15) is 0 Å². The average Bonchev–Trinajstić information content (AvgIpc) is 2.73. The molecule has 0 N–H and O–H groups in total. The summed E-state index contributed by atoms with van der Waals surface area (Å²) in [5.41, 5.74) is 1.50. The number of halogens is 1. The largest absolute Gasteiger partial charge is 0.497 e. The molecule has 1 aliphatic rings. The van der Waals surface area contributed by atoms with Gasteiger partial charge >= 0.3 is 0 Å². The van der Waals surface area contributed by atoms with Gasteiger partial charge in [-0.15, -0.1) is 0 Å². The maximum Gasteiger partial charge on any atom is 0.253 e. The van der Waals surface area contributed by atoms with E-state index in [0.29, 0.717) is 23.7 Å². The van der Waals surface area contributed by atoms with Crippen molar-refractivity contribution in [2.45, 2.75) is 0 Å². The topological polar surface area (TPSA) is 58.6 Å². The molecular weight excluding hydrogens is 364 g/mol. The molecule has 0 bridgehead atoms. The number of rotatable bonds is 3. The highest BCUT2D eigenvalue weighted by Crippen LogP contribution is 2.26. The van der Waals surface area contributed by atoms with Crippen LogP contribution in [0.1, 0.15) is 10.4 Å². The van der Waals surface area contributed by atoms with Crippen LogP contribution in [0.15, 0.2) is 48.8 Å². The lowest BCUT2D eigenvalue weighted by atomic mass is 10.1. The van der Waals surface area contributed by atoms with Gasteiger partial charge < -0.3 is 14.5 Å². The van der Waals surface area contributed by atoms with Crippen LogP contribution in [0.2, 0.25) is 5.02 Å². The molecule has 2 heterocycles. The van der Waals surface area contributed by atoms with Crippen molar-refractivity contribution < 1.29 is 9.53 Å². The number of amides is 1. The van der Waals surface area contributed by atoms with Crippen LogP contribution in [-0.2, 0) is 0 Å². The summed E-state index contributed by atoms with van der Waals surface area (Å²) in [6.07, 6.45) is 1.56. The van der Waals surface area contributed by atoms with Gasteiger partial charge in [0.2, 0.25) is 0 Å². The second-order valence-electron chi connectivity index (χ2n) is 6.37. The second-order valence-corrected chi connectivity index (χ2v) is 6.80. The van der Waals surface area contributed by atoms with Crippen molar-refractivity contribution in [3.63, 3.8) is 0 Å². The van der Waals surface area contributed by atoms with E-state index in [4.69, 9.17) is 16.3 Å². The number of nitrogens with zero attached hydrogens (tertiary/aromatic N) is 4. The van der Waals surface area contributed by atoms with Crippen molar-refractivity contribution in [3.8, 4) is 5.75 Å². The van der Waals surface area contributed by atoms with E-state index >= 15 is 0 Å². The molecule has 0 atom stereocenters. The Morgan fingerprint density at radius 1 is 1.04 bits per heavy atom. The predicted molar refractivity (Wildman–Crippen MR) is 106 cm³/mol. The van der Waals surface area contributed by atoms with E-state index in [9.17, 15) is 4.79 Å². The summed E-state index contributed by atoms with van der Waals surface area (Å²) >= 11 is 6.06. The zero-order chi connectivity index (χ0) is 18.8. The van der Waals surface area contributed by atoms with Crippen LogP contribution in [0.3, 0.4) is 0 Å². The van der Waals surface area contributed by atoms with Crippen LogP contribution in [-0.4, -0.2) is 54.1 Å². The molecule has 1 fully saturated rings. The molecule has 2 aromatic carbocycles. The number of carbonyl (C=O) groups excluding carboxylic acids is 1. The number of aromatic nitrogens is 2. The summed E-state index contributed by atoms with van der Waals surface area (Å²) in [6.45, 7) is 2.72. The normalized spacial score (nSPS) is 14.4.